The highest BCUT2D eigenvalue weighted by Gasteiger charge is 2.45. The minimum absolute atomic E-state index is 0.150. The van der Waals surface area contributed by atoms with Gasteiger partial charge in [-0.2, -0.15) is 0 Å². The number of carboxylic acid groups (broad SMARTS) is 1. The van der Waals surface area contributed by atoms with E-state index in [1.807, 2.05) is 35.7 Å². The van der Waals surface area contributed by atoms with Gasteiger partial charge in [0.1, 0.15) is 10.8 Å². The largest absolute Gasteiger partial charge is 0.507 e. The van der Waals surface area contributed by atoms with Crippen LogP contribution in [0.1, 0.15) is 22.6 Å². The lowest BCUT2D eigenvalue weighted by atomic mass is 9.80. The van der Waals surface area contributed by atoms with Crippen molar-refractivity contribution < 1.29 is 19.8 Å². The highest BCUT2D eigenvalue weighted by Crippen LogP contribution is 2.40. The molecule has 0 saturated carbocycles. The van der Waals surface area contributed by atoms with Gasteiger partial charge in [-0.1, -0.05) is 36.4 Å². The number of carbonyl (C=O) groups excluding carboxylic acids is 1. The minimum atomic E-state index is -0.982. The molecular weight excluding hydrogens is 388 g/mol. The van der Waals surface area contributed by atoms with Gasteiger partial charge < -0.3 is 15.5 Å². The van der Waals surface area contributed by atoms with Gasteiger partial charge in [0.15, 0.2) is 0 Å². The Hall–Kier alpha value is -3.19. The number of aromatic hydroxyl groups is 1. The molecule has 3 aromatic rings. The predicted octanol–water partition coefficient (Wildman–Crippen LogP) is 3.39. The minimum Gasteiger partial charge on any atom is -0.507 e. The molecule has 1 aliphatic rings. The number of phenolic OH excluding ortho intramolecular Hbond substituents is 1. The molecule has 4 rings (SSSR count). The summed E-state index contributed by atoms with van der Waals surface area (Å²) >= 11 is 1.38. The number of aromatic nitrogens is 1. The smallest absolute Gasteiger partial charge is 0.304 e. The predicted molar refractivity (Wildman–Crippen MR) is 110 cm³/mol. The van der Waals surface area contributed by atoms with Crippen LogP contribution in [0.4, 0.5) is 0 Å². The van der Waals surface area contributed by atoms with Crippen molar-refractivity contribution >= 4 is 23.2 Å². The number of benzene rings is 2. The zero-order valence-corrected chi connectivity index (χ0v) is 16.4. The van der Waals surface area contributed by atoms with E-state index < -0.39 is 11.4 Å². The second-order valence-electron chi connectivity index (χ2n) is 7.30. The van der Waals surface area contributed by atoms with Crippen LogP contribution in [-0.4, -0.2) is 27.1 Å². The molecule has 0 spiro atoms. The third kappa shape index (κ3) is 3.86. The molecule has 0 saturated heterocycles. The molecule has 2 aromatic carbocycles. The maximum Gasteiger partial charge on any atom is 0.304 e. The third-order valence-corrected chi connectivity index (χ3v) is 6.13. The molecule has 1 aromatic heterocycles. The number of nitrogens with one attached hydrogen (secondary N) is 1. The highest BCUT2D eigenvalue weighted by atomic mass is 32.1. The SMILES string of the molecule is O=C(O)CC1(C(=O)NCc2nc(-c3ccccc3O)cs2)Cc2ccccc2C1. The molecule has 1 heterocycles. The fourth-order valence-electron chi connectivity index (χ4n) is 3.90. The topological polar surface area (TPSA) is 99.5 Å². The number of para-hydroxylation sites is 1. The lowest BCUT2D eigenvalue weighted by molar-refractivity contribution is -0.145. The van der Waals surface area contributed by atoms with Gasteiger partial charge >= 0.3 is 5.97 Å². The number of hydrogen-bond acceptors (Lipinski definition) is 5. The van der Waals surface area contributed by atoms with Gasteiger partial charge in [0.05, 0.1) is 24.1 Å². The summed E-state index contributed by atoms with van der Waals surface area (Å²) in [7, 11) is 0. The first-order valence-electron chi connectivity index (χ1n) is 9.26. The highest BCUT2D eigenvalue weighted by molar-refractivity contribution is 7.09. The van der Waals surface area contributed by atoms with Crippen LogP contribution < -0.4 is 5.32 Å². The van der Waals surface area contributed by atoms with Crippen molar-refractivity contribution in [2.45, 2.75) is 25.8 Å². The molecule has 7 heteroatoms. The summed E-state index contributed by atoms with van der Waals surface area (Å²) in [6, 6.07) is 14.7. The Morgan fingerprint density at radius 1 is 1.07 bits per heavy atom. The standard InChI is InChI=1S/C22H20N2O4S/c25-18-8-4-3-7-16(18)17-13-29-19(24-17)12-23-21(28)22(11-20(26)27)9-14-5-1-2-6-15(14)10-22/h1-8,13,25H,9-12H2,(H,23,28)(H,26,27). The molecule has 0 aliphatic heterocycles. The molecule has 0 radical (unpaired) electrons. The van der Waals surface area contributed by atoms with E-state index >= 15 is 0 Å². The summed E-state index contributed by atoms with van der Waals surface area (Å²) in [5.74, 6) is -1.10. The third-order valence-electron chi connectivity index (χ3n) is 5.28. The molecule has 0 fully saturated rings. The van der Waals surface area contributed by atoms with E-state index in [1.165, 1.54) is 11.3 Å². The second kappa shape index (κ2) is 7.67. The van der Waals surface area contributed by atoms with E-state index in [0.717, 1.165) is 11.1 Å². The first-order chi connectivity index (χ1) is 14.0. The van der Waals surface area contributed by atoms with Gasteiger partial charge in [-0.15, -0.1) is 11.3 Å². The average Bonchev–Trinajstić information content (AvgIpc) is 3.30. The molecule has 0 unspecified atom stereocenters. The summed E-state index contributed by atoms with van der Waals surface area (Å²) < 4.78 is 0. The molecule has 6 nitrogen and oxygen atoms in total. The fourth-order valence-corrected chi connectivity index (χ4v) is 4.63. The van der Waals surface area contributed by atoms with Crippen molar-refractivity contribution in [3.63, 3.8) is 0 Å². The monoisotopic (exact) mass is 408 g/mol. The van der Waals surface area contributed by atoms with E-state index in [0.29, 0.717) is 29.1 Å². The number of carbonyl (C=O) groups is 2. The molecule has 0 atom stereocenters. The number of hydrogen-bond donors (Lipinski definition) is 3. The van der Waals surface area contributed by atoms with Gasteiger partial charge in [-0.25, -0.2) is 4.98 Å². The Balaban J connectivity index is 1.48. The van der Waals surface area contributed by atoms with Crippen LogP contribution >= 0.6 is 11.3 Å². The van der Waals surface area contributed by atoms with Gasteiger partial charge in [-0.05, 0) is 36.1 Å². The van der Waals surface area contributed by atoms with Crippen LogP contribution in [-0.2, 0) is 29.0 Å². The van der Waals surface area contributed by atoms with Gasteiger partial charge in [0.25, 0.3) is 0 Å². The van der Waals surface area contributed by atoms with Crippen LogP contribution in [0.2, 0.25) is 0 Å². The molecule has 0 bridgehead atoms. The normalized spacial score (nSPS) is 14.3. The molecular formula is C22H20N2O4S. The van der Waals surface area contributed by atoms with Gasteiger partial charge in [0.2, 0.25) is 5.91 Å². The van der Waals surface area contributed by atoms with E-state index in [9.17, 15) is 19.8 Å². The number of aliphatic carboxylic acids is 1. The molecule has 29 heavy (non-hydrogen) atoms. The maximum absolute atomic E-state index is 13.0. The summed E-state index contributed by atoms with van der Waals surface area (Å²) in [6.07, 6.45) is 0.624. The Morgan fingerprint density at radius 3 is 2.38 bits per heavy atom. The van der Waals surface area contributed by atoms with Crippen molar-refractivity contribution in [1.29, 1.82) is 0 Å². The quantitative estimate of drug-likeness (QED) is 0.581. The van der Waals surface area contributed by atoms with Gasteiger partial charge in [-0.3, -0.25) is 9.59 Å². The van der Waals surface area contributed by atoms with Crippen LogP contribution in [0.5, 0.6) is 5.75 Å². The van der Waals surface area contributed by atoms with Crippen molar-refractivity contribution in [3.05, 3.63) is 70.0 Å². The Morgan fingerprint density at radius 2 is 1.72 bits per heavy atom. The summed E-state index contributed by atoms with van der Waals surface area (Å²) in [6.45, 7) is 0.217. The summed E-state index contributed by atoms with van der Waals surface area (Å²) in [5.41, 5.74) is 2.36. The van der Waals surface area contributed by atoms with Crippen LogP contribution in [0, 0.1) is 5.41 Å². The van der Waals surface area contributed by atoms with E-state index in [2.05, 4.69) is 10.3 Å². The second-order valence-corrected chi connectivity index (χ2v) is 8.24. The van der Waals surface area contributed by atoms with Crippen molar-refractivity contribution in [2.24, 2.45) is 5.41 Å². The zero-order chi connectivity index (χ0) is 20.4. The molecule has 3 N–H and O–H groups in total. The van der Waals surface area contributed by atoms with E-state index in [1.54, 1.807) is 18.2 Å². The van der Waals surface area contributed by atoms with Crippen LogP contribution in [0.3, 0.4) is 0 Å². The number of nitrogens with zero attached hydrogens (tertiary/aromatic N) is 1. The first kappa shape index (κ1) is 19.1. The summed E-state index contributed by atoms with van der Waals surface area (Å²) in [4.78, 5) is 29.0. The first-order valence-corrected chi connectivity index (χ1v) is 10.1. The van der Waals surface area contributed by atoms with Crippen LogP contribution in [0.25, 0.3) is 11.3 Å². The number of carboxylic acids is 1. The average molecular weight is 408 g/mol. The maximum atomic E-state index is 13.0. The van der Waals surface area contributed by atoms with Crippen molar-refractivity contribution in [1.82, 2.24) is 10.3 Å². The number of rotatable bonds is 6. The Labute approximate surface area is 171 Å². The van der Waals surface area contributed by atoms with E-state index in [-0.39, 0.29) is 24.6 Å². The molecule has 1 amide bonds. The number of fused-ring (bicyclic) bond motifs is 1. The Kier molecular flexibility index (Phi) is 5.07. The lowest BCUT2D eigenvalue weighted by Gasteiger charge is -2.25. The summed E-state index contributed by atoms with van der Waals surface area (Å²) in [5, 5.41) is 24.8. The molecule has 148 valence electrons. The molecule has 1 aliphatic carbocycles. The van der Waals surface area contributed by atoms with Crippen LogP contribution in [0.15, 0.2) is 53.9 Å². The number of thiazole rings is 1. The fraction of sp³-hybridized carbons (Fsp3) is 0.227. The number of amides is 1. The lowest BCUT2D eigenvalue weighted by Crippen LogP contribution is -2.43. The van der Waals surface area contributed by atoms with E-state index in [4.69, 9.17) is 0 Å². The zero-order valence-electron chi connectivity index (χ0n) is 15.6. The van der Waals surface area contributed by atoms with Crippen molar-refractivity contribution in [2.75, 3.05) is 0 Å². The Bertz CT molecular complexity index is 1050. The number of phenols is 1. The van der Waals surface area contributed by atoms with Gasteiger partial charge in [0, 0.05) is 10.9 Å². The van der Waals surface area contributed by atoms with Crippen molar-refractivity contribution in [3.8, 4) is 17.0 Å².